The van der Waals surface area contributed by atoms with E-state index in [0.717, 1.165) is 0 Å². The van der Waals surface area contributed by atoms with E-state index in [4.69, 9.17) is 0 Å². The Morgan fingerprint density at radius 2 is 2.58 bits per heavy atom. The van der Waals surface area contributed by atoms with E-state index >= 15 is 0 Å². The zero-order valence-electron chi connectivity index (χ0n) is 6.50. The van der Waals surface area contributed by atoms with Gasteiger partial charge >= 0.3 is 6.03 Å². The van der Waals surface area contributed by atoms with Crippen LogP contribution in [0.4, 0.5) is 4.79 Å². The quantitative estimate of drug-likeness (QED) is 0.500. The van der Waals surface area contributed by atoms with Crippen LogP contribution in [0, 0.1) is 0 Å². The molecule has 0 fully saturated rings. The van der Waals surface area contributed by atoms with Crippen molar-refractivity contribution < 1.29 is 9.59 Å². The fourth-order valence-electron chi connectivity index (χ4n) is 0.632. The molecule has 0 saturated heterocycles. The summed E-state index contributed by atoms with van der Waals surface area (Å²) < 4.78 is 0. The molecule has 1 aliphatic heterocycles. The lowest BCUT2D eigenvalue weighted by molar-refractivity contribution is -0.118. The maximum Gasteiger partial charge on any atom is 0.343 e. The van der Waals surface area contributed by atoms with Crippen molar-refractivity contribution in [3.63, 3.8) is 0 Å². The van der Waals surface area contributed by atoms with Crippen LogP contribution in [-0.2, 0) is 4.79 Å². The molecule has 3 amide bonds. The van der Waals surface area contributed by atoms with E-state index in [9.17, 15) is 9.59 Å². The highest BCUT2D eigenvalue weighted by Gasteiger charge is 2.09. The van der Waals surface area contributed by atoms with Gasteiger partial charge in [-0.05, 0) is 0 Å². The number of nitrogens with one attached hydrogen (secondary N) is 2. The number of carbonyl (C=O) groups is 2. The van der Waals surface area contributed by atoms with Crippen molar-refractivity contribution in [1.29, 1.82) is 0 Å². The third-order valence-electron chi connectivity index (χ3n) is 1.16. The second kappa shape index (κ2) is 3.61. The third kappa shape index (κ3) is 2.15. The molecule has 1 rings (SSSR count). The minimum Gasteiger partial charge on any atom is -0.339 e. The van der Waals surface area contributed by atoms with Crippen LogP contribution in [0.15, 0.2) is 9.98 Å². The van der Waals surface area contributed by atoms with Crippen molar-refractivity contribution in [2.75, 3.05) is 7.05 Å². The Balaban J connectivity index is 2.69. The fraction of sp³-hybridized carbons (Fsp3) is 0.333. The van der Waals surface area contributed by atoms with E-state index in [2.05, 4.69) is 20.6 Å². The monoisotopic (exact) mass is 168 g/mol. The molecule has 6 heteroatoms. The summed E-state index contributed by atoms with van der Waals surface area (Å²) in [5.41, 5.74) is 0. The molecule has 0 aliphatic carbocycles. The second-order valence-corrected chi connectivity index (χ2v) is 2.05. The Morgan fingerprint density at radius 1 is 1.83 bits per heavy atom. The molecule has 12 heavy (non-hydrogen) atoms. The zero-order chi connectivity index (χ0) is 8.97. The van der Waals surface area contributed by atoms with E-state index in [1.54, 1.807) is 0 Å². The van der Waals surface area contributed by atoms with Gasteiger partial charge in [0.1, 0.15) is 0 Å². The molecule has 0 saturated carbocycles. The molecular weight excluding hydrogens is 160 g/mol. The summed E-state index contributed by atoms with van der Waals surface area (Å²) in [4.78, 5) is 28.5. The minimum absolute atomic E-state index is 0.0330. The van der Waals surface area contributed by atoms with Crippen molar-refractivity contribution in [3.8, 4) is 0 Å². The number of aliphatic imine (C=N–C) groups is 2. The van der Waals surface area contributed by atoms with Gasteiger partial charge in [0.25, 0.3) is 0 Å². The first-order chi connectivity index (χ1) is 5.72. The topological polar surface area (TPSA) is 82.9 Å². The molecule has 1 heterocycles. The highest BCUT2D eigenvalue weighted by molar-refractivity contribution is 6.11. The molecule has 0 bridgehead atoms. The number of urea groups is 1. The first-order valence-corrected chi connectivity index (χ1v) is 3.35. The lowest BCUT2D eigenvalue weighted by Gasteiger charge is -2.05. The van der Waals surface area contributed by atoms with Gasteiger partial charge in [-0.25, -0.2) is 9.79 Å². The minimum atomic E-state index is -0.538. The van der Waals surface area contributed by atoms with Crippen LogP contribution in [0.25, 0.3) is 0 Å². The summed E-state index contributed by atoms with van der Waals surface area (Å²) in [5.74, 6) is -0.182. The molecule has 6 nitrogen and oxygen atoms in total. The SMILES string of the molecule is CNC(=O)/N=C1\N=CCC(=O)N1. The maximum atomic E-state index is 10.7. The van der Waals surface area contributed by atoms with Gasteiger partial charge in [-0.1, -0.05) is 0 Å². The Hall–Kier alpha value is -1.72. The van der Waals surface area contributed by atoms with E-state index in [0.29, 0.717) is 0 Å². The predicted octanol–water partition coefficient (Wildman–Crippen LogP) is -0.728. The van der Waals surface area contributed by atoms with Gasteiger partial charge in [0, 0.05) is 13.3 Å². The van der Waals surface area contributed by atoms with E-state index < -0.39 is 6.03 Å². The lowest BCUT2D eigenvalue weighted by atomic mass is 10.4. The van der Waals surface area contributed by atoms with Crippen molar-refractivity contribution >= 4 is 24.1 Å². The number of nitrogens with zero attached hydrogens (tertiary/aromatic N) is 2. The Kier molecular flexibility index (Phi) is 2.52. The van der Waals surface area contributed by atoms with E-state index in [-0.39, 0.29) is 18.3 Å². The Labute approximate surface area is 68.8 Å². The number of guanidine groups is 1. The molecular formula is C6H8N4O2. The number of amides is 3. The van der Waals surface area contributed by atoms with Crippen molar-refractivity contribution in [2.45, 2.75) is 6.42 Å². The maximum absolute atomic E-state index is 10.7. The van der Waals surface area contributed by atoms with Crippen molar-refractivity contribution in [2.24, 2.45) is 9.98 Å². The Morgan fingerprint density at radius 3 is 3.17 bits per heavy atom. The van der Waals surface area contributed by atoms with Gasteiger partial charge < -0.3 is 5.32 Å². The molecule has 0 unspecified atom stereocenters. The summed E-state index contributed by atoms with van der Waals surface area (Å²) in [6, 6.07) is -0.538. The molecule has 0 radical (unpaired) electrons. The molecule has 1 aliphatic rings. The zero-order valence-corrected chi connectivity index (χ0v) is 6.50. The molecule has 0 spiro atoms. The van der Waals surface area contributed by atoms with Gasteiger partial charge in [0.05, 0.1) is 6.42 Å². The van der Waals surface area contributed by atoms with Gasteiger partial charge in [-0.2, -0.15) is 4.99 Å². The Bertz CT molecular complexity index is 269. The smallest absolute Gasteiger partial charge is 0.339 e. The van der Waals surface area contributed by atoms with E-state index in [1.807, 2.05) is 0 Å². The average molecular weight is 168 g/mol. The fourth-order valence-corrected chi connectivity index (χ4v) is 0.632. The molecule has 0 atom stereocenters. The summed E-state index contributed by atoms with van der Waals surface area (Å²) in [6.45, 7) is 0. The highest BCUT2D eigenvalue weighted by atomic mass is 16.2. The summed E-state index contributed by atoms with van der Waals surface area (Å²) in [6.07, 6.45) is 1.63. The summed E-state index contributed by atoms with van der Waals surface area (Å²) in [5, 5.41) is 4.61. The largest absolute Gasteiger partial charge is 0.343 e. The molecule has 0 aromatic heterocycles. The standard InChI is InChI=1S/C6H8N4O2/c1-7-6(12)10-5-8-3-2-4(11)9-5/h3H,2H2,1H3,(H2,7,9,10,11,12). The van der Waals surface area contributed by atoms with Crippen LogP contribution < -0.4 is 10.6 Å². The van der Waals surface area contributed by atoms with Gasteiger partial charge in [0.2, 0.25) is 11.9 Å². The van der Waals surface area contributed by atoms with Gasteiger partial charge in [-0.3, -0.25) is 10.1 Å². The van der Waals surface area contributed by atoms with Crippen LogP contribution >= 0.6 is 0 Å². The van der Waals surface area contributed by atoms with E-state index in [1.165, 1.54) is 13.3 Å². The van der Waals surface area contributed by atoms with Crippen LogP contribution in [0.1, 0.15) is 6.42 Å². The third-order valence-corrected chi connectivity index (χ3v) is 1.16. The van der Waals surface area contributed by atoms with Crippen LogP contribution in [0.3, 0.4) is 0 Å². The van der Waals surface area contributed by atoms with Gasteiger partial charge in [-0.15, -0.1) is 0 Å². The number of carbonyl (C=O) groups excluding carboxylic acids is 2. The van der Waals surface area contributed by atoms with Crippen LogP contribution in [-0.4, -0.2) is 31.2 Å². The predicted molar refractivity (Wildman–Crippen MR) is 43.1 cm³/mol. The summed E-state index contributed by atoms with van der Waals surface area (Å²) >= 11 is 0. The molecule has 2 N–H and O–H groups in total. The highest BCUT2D eigenvalue weighted by Crippen LogP contribution is 1.88. The number of hydrogen-bond donors (Lipinski definition) is 2. The normalized spacial score (nSPS) is 19.1. The van der Waals surface area contributed by atoms with Gasteiger partial charge in [0.15, 0.2) is 0 Å². The second-order valence-electron chi connectivity index (χ2n) is 2.05. The van der Waals surface area contributed by atoms with Crippen LogP contribution in [0.5, 0.6) is 0 Å². The van der Waals surface area contributed by atoms with Crippen LogP contribution in [0.2, 0.25) is 0 Å². The first-order valence-electron chi connectivity index (χ1n) is 3.35. The lowest BCUT2D eigenvalue weighted by Crippen LogP contribution is -2.34. The summed E-state index contributed by atoms with van der Waals surface area (Å²) in [7, 11) is 1.45. The molecule has 0 aromatic rings. The van der Waals surface area contributed by atoms with Crippen molar-refractivity contribution in [3.05, 3.63) is 0 Å². The number of rotatable bonds is 0. The molecule has 64 valence electrons. The van der Waals surface area contributed by atoms with Crippen molar-refractivity contribution in [1.82, 2.24) is 10.6 Å². The average Bonchev–Trinajstić information content (AvgIpc) is 2.04. The first kappa shape index (κ1) is 8.38. The number of hydrogen-bond acceptors (Lipinski definition) is 2. The molecule has 0 aromatic carbocycles.